The molecule has 0 aliphatic rings. The zero-order valence-electron chi connectivity index (χ0n) is 11.7. The van der Waals surface area contributed by atoms with Gasteiger partial charge in [-0.2, -0.15) is 0 Å². The van der Waals surface area contributed by atoms with Crippen LogP contribution in [0.25, 0.3) is 0 Å². The van der Waals surface area contributed by atoms with Crippen molar-refractivity contribution in [3.63, 3.8) is 0 Å². The highest BCUT2D eigenvalue weighted by molar-refractivity contribution is 5.98. The molecular formula is C15H19NO4. The van der Waals surface area contributed by atoms with E-state index in [1.165, 1.54) is 11.9 Å². The average Bonchev–Trinajstić information content (AvgIpc) is 2.44. The number of likely N-dealkylation sites (N-methyl/N-ethyl adjacent to an activating group) is 1. The monoisotopic (exact) mass is 277 g/mol. The molecule has 0 fully saturated rings. The fourth-order valence-corrected chi connectivity index (χ4v) is 1.86. The molecule has 0 aliphatic heterocycles. The van der Waals surface area contributed by atoms with E-state index in [1.807, 2.05) is 0 Å². The van der Waals surface area contributed by atoms with Gasteiger partial charge in [-0.1, -0.05) is 31.7 Å². The fourth-order valence-electron chi connectivity index (χ4n) is 1.86. The lowest BCUT2D eigenvalue weighted by atomic mass is 10.1. The lowest BCUT2D eigenvalue weighted by Gasteiger charge is -2.24. The number of nitrogens with zero attached hydrogens (tertiary/aromatic N) is 1. The van der Waals surface area contributed by atoms with Crippen molar-refractivity contribution < 1.29 is 19.4 Å². The maximum absolute atomic E-state index is 12.4. The molecule has 5 nitrogen and oxygen atoms in total. The number of carboxylic acid groups (broad SMARTS) is 1. The standard InChI is InChI=1S/C15H19NO4/c1-4-10-20-13-9-7-6-8-11(13)14(17)16(3)12(5-2)15(18)19/h4,6-9,12H,1,5,10H2,2-3H3,(H,18,19). The summed E-state index contributed by atoms with van der Waals surface area (Å²) in [5.41, 5.74) is 0.344. The normalized spacial score (nSPS) is 11.5. The predicted molar refractivity (Wildman–Crippen MR) is 75.9 cm³/mol. The number of benzene rings is 1. The van der Waals surface area contributed by atoms with Crippen molar-refractivity contribution in [1.29, 1.82) is 0 Å². The second-order valence-corrected chi connectivity index (χ2v) is 4.27. The van der Waals surface area contributed by atoms with E-state index in [-0.39, 0.29) is 12.5 Å². The lowest BCUT2D eigenvalue weighted by molar-refractivity contribution is -0.142. The molecule has 1 atom stereocenters. The summed E-state index contributed by atoms with van der Waals surface area (Å²) in [6, 6.07) is 5.90. The van der Waals surface area contributed by atoms with Crippen molar-refractivity contribution in [1.82, 2.24) is 4.90 Å². The number of carbonyl (C=O) groups is 2. The molecule has 0 heterocycles. The highest BCUT2D eigenvalue weighted by Crippen LogP contribution is 2.21. The number of rotatable bonds is 7. The highest BCUT2D eigenvalue weighted by Gasteiger charge is 2.27. The molecule has 1 amide bonds. The summed E-state index contributed by atoms with van der Waals surface area (Å²) in [6.07, 6.45) is 1.92. The van der Waals surface area contributed by atoms with E-state index < -0.39 is 12.0 Å². The topological polar surface area (TPSA) is 66.8 Å². The Hall–Kier alpha value is -2.30. The molecule has 0 radical (unpaired) electrons. The van der Waals surface area contributed by atoms with Gasteiger partial charge in [0.2, 0.25) is 0 Å². The maximum atomic E-state index is 12.4. The van der Waals surface area contributed by atoms with Crippen LogP contribution in [0, 0.1) is 0 Å². The Balaban J connectivity index is 3.01. The molecule has 0 aliphatic carbocycles. The van der Waals surface area contributed by atoms with Crippen LogP contribution in [0.1, 0.15) is 23.7 Å². The Morgan fingerprint density at radius 1 is 1.45 bits per heavy atom. The number of amides is 1. The van der Waals surface area contributed by atoms with Gasteiger partial charge in [0.15, 0.2) is 0 Å². The van der Waals surface area contributed by atoms with Crippen LogP contribution in [0.3, 0.4) is 0 Å². The number of hydrogen-bond acceptors (Lipinski definition) is 3. The van der Waals surface area contributed by atoms with Crippen molar-refractivity contribution in [3.05, 3.63) is 42.5 Å². The number of aliphatic carboxylic acids is 1. The second kappa shape index (κ2) is 7.33. The molecule has 0 aromatic heterocycles. The zero-order valence-corrected chi connectivity index (χ0v) is 11.7. The van der Waals surface area contributed by atoms with Crippen LogP contribution in [0.4, 0.5) is 0 Å². The predicted octanol–water partition coefficient (Wildman–Crippen LogP) is 2.19. The Labute approximate surface area is 118 Å². The summed E-state index contributed by atoms with van der Waals surface area (Å²) >= 11 is 0. The Morgan fingerprint density at radius 3 is 2.65 bits per heavy atom. The van der Waals surface area contributed by atoms with Gasteiger partial charge in [0.25, 0.3) is 5.91 Å². The maximum Gasteiger partial charge on any atom is 0.326 e. The average molecular weight is 277 g/mol. The molecule has 0 saturated heterocycles. The number of carboxylic acids is 1. The van der Waals surface area contributed by atoms with Crippen molar-refractivity contribution in [2.45, 2.75) is 19.4 Å². The van der Waals surface area contributed by atoms with Gasteiger partial charge in [0.05, 0.1) is 5.56 Å². The first-order chi connectivity index (χ1) is 9.52. The van der Waals surface area contributed by atoms with Crippen molar-refractivity contribution >= 4 is 11.9 Å². The molecule has 108 valence electrons. The van der Waals surface area contributed by atoms with Gasteiger partial charge in [0, 0.05) is 7.05 Å². The van der Waals surface area contributed by atoms with Crippen molar-refractivity contribution in [3.8, 4) is 5.75 Å². The van der Waals surface area contributed by atoms with Gasteiger partial charge in [-0.05, 0) is 18.6 Å². The molecule has 5 heteroatoms. The van der Waals surface area contributed by atoms with Crippen LogP contribution in [-0.4, -0.2) is 41.6 Å². The molecule has 0 bridgehead atoms. The van der Waals surface area contributed by atoms with Gasteiger partial charge in [-0.15, -0.1) is 0 Å². The molecule has 20 heavy (non-hydrogen) atoms. The third kappa shape index (κ3) is 3.60. The summed E-state index contributed by atoms with van der Waals surface area (Å²) in [5, 5.41) is 9.11. The van der Waals surface area contributed by atoms with Crippen LogP contribution < -0.4 is 4.74 Å². The largest absolute Gasteiger partial charge is 0.489 e. The number of ether oxygens (including phenoxy) is 1. The molecule has 0 spiro atoms. The minimum atomic E-state index is -1.02. The molecule has 1 unspecified atom stereocenters. The summed E-state index contributed by atoms with van der Waals surface area (Å²) < 4.78 is 5.42. The van der Waals surface area contributed by atoms with Gasteiger partial charge in [0.1, 0.15) is 18.4 Å². The summed E-state index contributed by atoms with van der Waals surface area (Å²) in [7, 11) is 1.48. The smallest absolute Gasteiger partial charge is 0.326 e. The van der Waals surface area contributed by atoms with Gasteiger partial charge < -0.3 is 14.7 Å². The first-order valence-electron chi connectivity index (χ1n) is 6.35. The van der Waals surface area contributed by atoms with E-state index in [4.69, 9.17) is 9.84 Å². The molecule has 1 N–H and O–H groups in total. The summed E-state index contributed by atoms with van der Waals surface area (Å²) in [5.74, 6) is -0.976. The van der Waals surface area contributed by atoms with E-state index in [0.29, 0.717) is 17.7 Å². The quantitative estimate of drug-likeness (QED) is 0.776. The van der Waals surface area contributed by atoms with Gasteiger partial charge in [-0.3, -0.25) is 4.79 Å². The van der Waals surface area contributed by atoms with E-state index in [0.717, 1.165) is 0 Å². The van der Waals surface area contributed by atoms with E-state index >= 15 is 0 Å². The molecular weight excluding hydrogens is 258 g/mol. The van der Waals surface area contributed by atoms with Gasteiger partial charge >= 0.3 is 5.97 Å². The fraction of sp³-hybridized carbons (Fsp3) is 0.333. The van der Waals surface area contributed by atoms with Crippen molar-refractivity contribution in [2.24, 2.45) is 0 Å². The van der Waals surface area contributed by atoms with Crippen LogP contribution >= 0.6 is 0 Å². The zero-order chi connectivity index (χ0) is 15.1. The third-order valence-electron chi connectivity index (χ3n) is 2.93. The first kappa shape index (κ1) is 15.8. The van der Waals surface area contributed by atoms with Crippen molar-refractivity contribution in [2.75, 3.05) is 13.7 Å². The van der Waals surface area contributed by atoms with Crippen LogP contribution in [-0.2, 0) is 4.79 Å². The third-order valence-corrected chi connectivity index (χ3v) is 2.93. The molecule has 0 saturated carbocycles. The summed E-state index contributed by atoms with van der Waals surface area (Å²) in [6.45, 7) is 5.56. The second-order valence-electron chi connectivity index (χ2n) is 4.27. The Morgan fingerprint density at radius 2 is 2.10 bits per heavy atom. The SMILES string of the molecule is C=CCOc1ccccc1C(=O)N(C)C(CC)C(=O)O. The minimum absolute atomic E-state index is 0.282. The van der Waals surface area contributed by atoms with Crippen LogP contribution in [0.15, 0.2) is 36.9 Å². The molecule has 1 aromatic rings. The first-order valence-corrected chi connectivity index (χ1v) is 6.35. The minimum Gasteiger partial charge on any atom is -0.489 e. The summed E-state index contributed by atoms with van der Waals surface area (Å²) in [4.78, 5) is 24.7. The molecule has 1 aromatic carbocycles. The highest BCUT2D eigenvalue weighted by atomic mass is 16.5. The van der Waals surface area contributed by atoms with Crippen LogP contribution in [0.5, 0.6) is 5.75 Å². The molecule has 1 rings (SSSR count). The van der Waals surface area contributed by atoms with E-state index in [9.17, 15) is 9.59 Å². The van der Waals surface area contributed by atoms with Gasteiger partial charge in [-0.25, -0.2) is 4.79 Å². The van der Waals surface area contributed by atoms with E-state index in [1.54, 1.807) is 37.3 Å². The lowest BCUT2D eigenvalue weighted by Crippen LogP contribution is -2.42. The van der Waals surface area contributed by atoms with Crippen LogP contribution in [0.2, 0.25) is 0 Å². The Kier molecular flexibility index (Phi) is 5.77. The Bertz CT molecular complexity index is 498. The number of carbonyl (C=O) groups excluding carboxylic acids is 1. The van der Waals surface area contributed by atoms with E-state index in [2.05, 4.69) is 6.58 Å². The number of para-hydroxylation sites is 1. The number of hydrogen-bond donors (Lipinski definition) is 1.